The smallest absolute Gasteiger partial charge is 0.226 e. The Morgan fingerprint density at radius 1 is 1.18 bits per heavy atom. The molecule has 2 N–H and O–H groups in total. The lowest BCUT2D eigenvalue weighted by atomic mass is 9.86. The SMILES string of the molecule is O=C(CCC1CCCCC1)NC(=S)Nc1ccc(Cl)c(Cl)c1. The number of hydrogen-bond acceptors (Lipinski definition) is 2. The van der Waals surface area contributed by atoms with Crippen LogP contribution in [-0.2, 0) is 4.79 Å². The van der Waals surface area contributed by atoms with Gasteiger partial charge < -0.3 is 10.6 Å². The van der Waals surface area contributed by atoms with Crippen molar-refractivity contribution >= 4 is 52.1 Å². The van der Waals surface area contributed by atoms with Gasteiger partial charge in [0.25, 0.3) is 0 Å². The van der Waals surface area contributed by atoms with Crippen LogP contribution in [0.15, 0.2) is 18.2 Å². The van der Waals surface area contributed by atoms with Gasteiger partial charge >= 0.3 is 0 Å². The van der Waals surface area contributed by atoms with Gasteiger partial charge in [0.05, 0.1) is 10.0 Å². The molecular formula is C16H20Cl2N2OS. The highest BCUT2D eigenvalue weighted by atomic mass is 35.5. The lowest BCUT2D eigenvalue weighted by molar-refractivity contribution is -0.120. The van der Waals surface area contributed by atoms with Gasteiger partial charge in [-0.05, 0) is 42.8 Å². The summed E-state index contributed by atoms with van der Waals surface area (Å²) >= 11 is 16.9. The van der Waals surface area contributed by atoms with Crippen molar-refractivity contribution in [2.45, 2.75) is 44.9 Å². The highest BCUT2D eigenvalue weighted by molar-refractivity contribution is 7.80. The molecule has 0 unspecified atom stereocenters. The minimum Gasteiger partial charge on any atom is -0.332 e. The molecule has 1 aromatic carbocycles. The second-order valence-electron chi connectivity index (χ2n) is 5.67. The third-order valence-electron chi connectivity index (χ3n) is 3.93. The maximum atomic E-state index is 11.9. The number of hydrogen-bond donors (Lipinski definition) is 2. The van der Waals surface area contributed by atoms with E-state index in [0.717, 1.165) is 6.42 Å². The molecule has 1 aliphatic carbocycles. The van der Waals surface area contributed by atoms with Crippen LogP contribution in [0.2, 0.25) is 10.0 Å². The standard InChI is InChI=1S/C16H20Cl2N2OS/c17-13-8-7-12(10-14(13)18)19-16(22)20-15(21)9-6-11-4-2-1-3-5-11/h7-8,10-11H,1-6,9H2,(H2,19,20,21,22). The van der Waals surface area contributed by atoms with E-state index in [4.69, 9.17) is 35.4 Å². The minimum absolute atomic E-state index is 0.0388. The Balaban J connectivity index is 1.73. The van der Waals surface area contributed by atoms with Crippen molar-refractivity contribution in [2.75, 3.05) is 5.32 Å². The zero-order valence-electron chi connectivity index (χ0n) is 12.3. The molecule has 2 rings (SSSR count). The summed E-state index contributed by atoms with van der Waals surface area (Å²) in [6.45, 7) is 0. The first-order valence-corrected chi connectivity index (χ1v) is 8.77. The highest BCUT2D eigenvalue weighted by Gasteiger charge is 2.15. The van der Waals surface area contributed by atoms with Crippen LogP contribution in [0.4, 0.5) is 5.69 Å². The molecule has 22 heavy (non-hydrogen) atoms. The number of carbonyl (C=O) groups is 1. The van der Waals surface area contributed by atoms with E-state index in [1.165, 1.54) is 32.1 Å². The van der Waals surface area contributed by atoms with Crippen LogP contribution in [0.5, 0.6) is 0 Å². The average molecular weight is 359 g/mol. The maximum Gasteiger partial charge on any atom is 0.226 e. The summed E-state index contributed by atoms with van der Waals surface area (Å²) in [5, 5.41) is 6.85. The van der Waals surface area contributed by atoms with Crippen LogP contribution in [0.25, 0.3) is 0 Å². The number of halogens is 2. The zero-order chi connectivity index (χ0) is 15.9. The van der Waals surface area contributed by atoms with Crippen LogP contribution in [0.1, 0.15) is 44.9 Å². The normalized spacial score (nSPS) is 15.4. The van der Waals surface area contributed by atoms with E-state index in [9.17, 15) is 4.79 Å². The molecule has 0 bridgehead atoms. The first-order chi connectivity index (χ1) is 10.5. The summed E-state index contributed by atoms with van der Waals surface area (Å²) in [6.07, 6.45) is 7.89. The van der Waals surface area contributed by atoms with E-state index in [0.29, 0.717) is 28.1 Å². The Labute approximate surface area is 146 Å². The van der Waals surface area contributed by atoms with Gasteiger partial charge in [0.2, 0.25) is 5.91 Å². The summed E-state index contributed by atoms with van der Waals surface area (Å²) in [7, 11) is 0. The Morgan fingerprint density at radius 2 is 1.91 bits per heavy atom. The Kier molecular flexibility index (Phi) is 6.93. The second kappa shape index (κ2) is 8.70. The molecule has 120 valence electrons. The van der Waals surface area contributed by atoms with E-state index in [-0.39, 0.29) is 11.0 Å². The zero-order valence-corrected chi connectivity index (χ0v) is 14.7. The number of benzene rings is 1. The van der Waals surface area contributed by atoms with Gasteiger partial charge in [-0.1, -0.05) is 55.3 Å². The van der Waals surface area contributed by atoms with Crippen molar-refractivity contribution in [3.63, 3.8) is 0 Å². The fourth-order valence-corrected chi connectivity index (χ4v) is 3.27. The second-order valence-corrected chi connectivity index (χ2v) is 6.90. The van der Waals surface area contributed by atoms with Gasteiger partial charge in [-0.3, -0.25) is 4.79 Å². The minimum atomic E-state index is -0.0388. The molecule has 0 saturated heterocycles. The molecular weight excluding hydrogens is 339 g/mol. The molecule has 0 atom stereocenters. The molecule has 1 saturated carbocycles. The number of carbonyl (C=O) groups excluding carboxylic acids is 1. The van der Waals surface area contributed by atoms with Crippen molar-refractivity contribution in [1.82, 2.24) is 5.32 Å². The Hall–Kier alpha value is -0.840. The van der Waals surface area contributed by atoms with Gasteiger partial charge in [-0.2, -0.15) is 0 Å². The first-order valence-electron chi connectivity index (χ1n) is 7.60. The molecule has 0 radical (unpaired) electrons. The predicted octanol–water partition coefficient (Wildman–Crippen LogP) is 5.17. The quantitative estimate of drug-likeness (QED) is 0.729. The van der Waals surface area contributed by atoms with Crippen molar-refractivity contribution in [2.24, 2.45) is 5.92 Å². The number of rotatable bonds is 4. The van der Waals surface area contributed by atoms with Gasteiger partial charge in [0.15, 0.2) is 5.11 Å². The lowest BCUT2D eigenvalue weighted by Crippen LogP contribution is -2.34. The topological polar surface area (TPSA) is 41.1 Å². The van der Waals surface area contributed by atoms with Crippen LogP contribution in [0, 0.1) is 5.92 Å². The van der Waals surface area contributed by atoms with Gasteiger partial charge in [-0.25, -0.2) is 0 Å². The van der Waals surface area contributed by atoms with Crippen LogP contribution in [0.3, 0.4) is 0 Å². The van der Waals surface area contributed by atoms with Crippen molar-refractivity contribution in [1.29, 1.82) is 0 Å². The molecule has 0 aromatic heterocycles. The lowest BCUT2D eigenvalue weighted by Gasteiger charge is -2.21. The summed E-state index contributed by atoms with van der Waals surface area (Å²) < 4.78 is 0. The molecule has 0 spiro atoms. The van der Waals surface area contributed by atoms with E-state index in [2.05, 4.69) is 10.6 Å². The highest BCUT2D eigenvalue weighted by Crippen LogP contribution is 2.27. The van der Waals surface area contributed by atoms with Gasteiger partial charge in [-0.15, -0.1) is 0 Å². The molecule has 0 heterocycles. The molecule has 1 aliphatic rings. The number of amides is 1. The van der Waals surface area contributed by atoms with Crippen molar-refractivity contribution < 1.29 is 4.79 Å². The third kappa shape index (κ3) is 5.75. The summed E-state index contributed by atoms with van der Waals surface area (Å²) in [6, 6.07) is 5.11. The molecule has 1 aromatic rings. The van der Waals surface area contributed by atoms with Gasteiger partial charge in [0.1, 0.15) is 0 Å². The monoisotopic (exact) mass is 358 g/mol. The molecule has 3 nitrogen and oxygen atoms in total. The Morgan fingerprint density at radius 3 is 2.59 bits per heavy atom. The van der Waals surface area contributed by atoms with E-state index < -0.39 is 0 Å². The summed E-state index contributed by atoms with van der Waals surface area (Å²) in [5.41, 5.74) is 0.701. The summed E-state index contributed by atoms with van der Waals surface area (Å²) in [5.74, 6) is 0.652. The number of nitrogens with one attached hydrogen (secondary N) is 2. The van der Waals surface area contributed by atoms with Crippen molar-refractivity contribution in [3.05, 3.63) is 28.2 Å². The summed E-state index contributed by atoms with van der Waals surface area (Å²) in [4.78, 5) is 11.9. The van der Waals surface area contributed by atoms with Crippen LogP contribution < -0.4 is 10.6 Å². The van der Waals surface area contributed by atoms with E-state index >= 15 is 0 Å². The largest absolute Gasteiger partial charge is 0.332 e. The maximum absolute atomic E-state index is 11.9. The van der Waals surface area contributed by atoms with Gasteiger partial charge in [0, 0.05) is 12.1 Å². The molecule has 6 heteroatoms. The van der Waals surface area contributed by atoms with Crippen LogP contribution >= 0.6 is 35.4 Å². The number of anilines is 1. The average Bonchev–Trinajstić information content (AvgIpc) is 2.50. The van der Waals surface area contributed by atoms with E-state index in [1.807, 2.05) is 0 Å². The predicted molar refractivity (Wildman–Crippen MR) is 96.6 cm³/mol. The fraction of sp³-hybridized carbons (Fsp3) is 0.500. The molecule has 1 fully saturated rings. The van der Waals surface area contributed by atoms with Crippen molar-refractivity contribution in [3.8, 4) is 0 Å². The molecule has 0 aliphatic heterocycles. The van der Waals surface area contributed by atoms with E-state index in [1.54, 1.807) is 18.2 Å². The first kappa shape index (κ1) is 17.5. The fourth-order valence-electron chi connectivity index (χ4n) is 2.74. The Bertz CT molecular complexity index is 545. The third-order valence-corrected chi connectivity index (χ3v) is 4.88. The van der Waals surface area contributed by atoms with Crippen LogP contribution in [-0.4, -0.2) is 11.0 Å². The molecule has 1 amide bonds. The number of thiocarbonyl (C=S) groups is 1.